The van der Waals surface area contributed by atoms with E-state index in [0.717, 1.165) is 11.1 Å². The zero-order valence-electron chi connectivity index (χ0n) is 20.6. The number of alkyl carbamates (subject to hydrolysis) is 1. The van der Waals surface area contributed by atoms with Crippen LogP contribution in [0.15, 0.2) is 65.1 Å². The summed E-state index contributed by atoms with van der Waals surface area (Å²) in [6.07, 6.45) is 0.128. The van der Waals surface area contributed by atoms with Gasteiger partial charge in [-0.3, -0.25) is 0 Å². The first kappa shape index (κ1) is 26.6. The number of carbonyl (C=O) groups excluding carboxylic acids is 1. The van der Waals surface area contributed by atoms with Gasteiger partial charge in [0, 0.05) is 43.5 Å². The topological polar surface area (TPSA) is 92.1 Å². The lowest BCUT2D eigenvalue weighted by molar-refractivity contribution is 0.0706. The highest BCUT2D eigenvalue weighted by molar-refractivity contribution is 6.60. The predicted molar refractivity (Wildman–Crippen MR) is 136 cm³/mol. The molecule has 0 unspecified atom stereocenters. The Hall–Kier alpha value is -2.98. The van der Waals surface area contributed by atoms with E-state index in [1.54, 1.807) is 0 Å². The van der Waals surface area contributed by atoms with Crippen molar-refractivity contribution >= 4 is 14.9 Å². The average molecular weight is 499 g/mol. The Morgan fingerprint density at radius 3 is 2.03 bits per heavy atom. The van der Waals surface area contributed by atoms with Crippen molar-refractivity contribution in [2.45, 2.75) is 39.8 Å². The van der Waals surface area contributed by atoms with Crippen LogP contribution in [0.1, 0.15) is 32.9 Å². The number of aromatic nitrogens is 1. The zero-order valence-corrected chi connectivity index (χ0v) is 21.6. The van der Waals surface area contributed by atoms with Crippen LogP contribution < -0.4 is 5.32 Å². The fraction of sp³-hybridized carbons (Fsp3) is 0.385. The molecule has 1 N–H and O–H groups in total. The van der Waals surface area contributed by atoms with Crippen LogP contribution in [-0.2, 0) is 24.6 Å². The first-order valence-corrected chi connectivity index (χ1v) is 14.0. The molecule has 0 saturated carbocycles. The molecule has 0 radical (unpaired) electrons. The minimum Gasteiger partial charge on any atom is -0.443 e. The SMILES string of the molecule is CCO[Si](CCCNC(=O)OCc1nc(-c2ccccc2)oc1-c1ccccc1)(OCC)OCC. The lowest BCUT2D eigenvalue weighted by Gasteiger charge is -2.28. The van der Waals surface area contributed by atoms with Crippen molar-refractivity contribution < 1.29 is 27.2 Å². The molecule has 0 aliphatic rings. The number of ether oxygens (including phenoxy) is 1. The second kappa shape index (κ2) is 13.8. The molecule has 0 atom stereocenters. The zero-order chi connectivity index (χ0) is 24.9. The van der Waals surface area contributed by atoms with Crippen molar-refractivity contribution in [2.75, 3.05) is 26.4 Å². The summed E-state index contributed by atoms with van der Waals surface area (Å²) in [4.78, 5) is 17.0. The Bertz CT molecular complexity index is 1010. The van der Waals surface area contributed by atoms with Crippen LogP contribution in [0.25, 0.3) is 22.8 Å². The number of hydrogen-bond acceptors (Lipinski definition) is 7. The minimum atomic E-state index is -2.73. The molecule has 1 aromatic heterocycles. The Morgan fingerprint density at radius 2 is 1.46 bits per heavy atom. The van der Waals surface area contributed by atoms with E-state index in [4.69, 9.17) is 22.4 Å². The molecule has 9 heteroatoms. The molecule has 0 spiro atoms. The lowest BCUT2D eigenvalue weighted by atomic mass is 10.1. The molecular formula is C26H34N2O6Si. The van der Waals surface area contributed by atoms with Crippen LogP contribution in [-0.4, -0.2) is 46.2 Å². The number of oxazole rings is 1. The number of rotatable bonds is 14. The fourth-order valence-corrected chi connectivity index (χ4v) is 6.26. The predicted octanol–water partition coefficient (Wildman–Crippen LogP) is 5.67. The summed E-state index contributed by atoms with van der Waals surface area (Å²) in [5, 5.41) is 2.79. The molecule has 35 heavy (non-hydrogen) atoms. The van der Waals surface area contributed by atoms with E-state index in [2.05, 4.69) is 10.3 Å². The van der Waals surface area contributed by atoms with Gasteiger partial charge in [0.15, 0.2) is 5.76 Å². The summed E-state index contributed by atoms with van der Waals surface area (Å²) in [5.41, 5.74) is 2.27. The van der Waals surface area contributed by atoms with E-state index in [1.165, 1.54) is 0 Å². The molecule has 1 heterocycles. The molecule has 3 aromatic rings. The first-order chi connectivity index (χ1) is 17.1. The summed E-state index contributed by atoms with van der Waals surface area (Å²) < 4.78 is 29.1. The molecule has 0 aliphatic heterocycles. The van der Waals surface area contributed by atoms with Gasteiger partial charge in [-0.1, -0.05) is 48.5 Å². The number of hydrogen-bond donors (Lipinski definition) is 1. The van der Waals surface area contributed by atoms with Gasteiger partial charge < -0.3 is 27.7 Å². The Labute approximate surface area is 207 Å². The third kappa shape index (κ3) is 7.76. The van der Waals surface area contributed by atoms with Crippen molar-refractivity contribution in [3.63, 3.8) is 0 Å². The summed E-state index contributed by atoms with van der Waals surface area (Å²) in [5.74, 6) is 1.06. The highest BCUT2D eigenvalue weighted by Crippen LogP contribution is 2.30. The van der Waals surface area contributed by atoms with Crippen molar-refractivity contribution in [3.05, 3.63) is 66.4 Å². The third-order valence-electron chi connectivity index (χ3n) is 5.12. The van der Waals surface area contributed by atoms with Crippen molar-refractivity contribution in [3.8, 4) is 22.8 Å². The van der Waals surface area contributed by atoms with Crippen LogP contribution in [0.5, 0.6) is 0 Å². The second-order valence-electron chi connectivity index (χ2n) is 7.62. The Morgan fingerprint density at radius 1 is 0.886 bits per heavy atom. The molecule has 3 rings (SSSR count). The number of amides is 1. The molecule has 188 valence electrons. The monoisotopic (exact) mass is 498 g/mol. The van der Waals surface area contributed by atoms with Crippen LogP contribution in [0, 0.1) is 0 Å². The summed E-state index contributed by atoms with van der Waals surface area (Å²) in [7, 11) is -2.73. The largest absolute Gasteiger partial charge is 0.500 e. The molecule has 0 saturated heterocycles. The number of carbonyl (C=O) groups is 1. The van der Waals surface area contributed by atoms with E-state index in [9.17, 15) is 4.79 Å². The van der Waals surface area contributed by atoms with E-state index in [-0.39, 0.29) is 6.61 Å². The van der Waals surface area contributed by atoms with Crippen LogP contribution >= 0.6 is 0 Å². The maximum absolute atomic E-state index is 12.4. The van der Waals surface area contributed by atoms with E-state index < -0.39 is 14.9 Å². The standard InChI is InChI=1S/C26H34N2O6Si/c1-4-31-35(32-5-2,33-6-3)19-13-18-27-26(29)30-20-23-24(21-14-9-7-10-15-21)34-25(28-23)22-16-11-8-12-17-22/h7-12,14-17H,4-6,13,18-20H2,1-3H3,(H,27,29). The maximum atomic E-state index is 12.4. The van der Waals surface area contributed by atoms with Crippen LogP contribution in [0.2, 0.25) is 6.04 Å². The summed E-state index contributed by atoms with van der Waals surface area (Å²) in [6, 6.07) is 19.9. The molecule has 0 bridgehead atoms. The van der Waals surface area contributed by atoms with E-state index in [1.807, 2.05) is 81.4 Å². The van der Waals surface area contributed by atoms with Gasteiger partial charge in [-0.25, -0.2) is 9.78 Å². The second-order valence-corrected chi connectivity index (χ2v) is 10.3. The van der Waals surface area contributed by atoms with Gasteiger partial charge in [-0.2, -0.15) is 0 Å². The Balaban J connectivity index is 1.59. The number of nitrogens with one attached hydrogen (secondary N) is 1. The van der Waals surface area contributed by atoms with Gasteiger partial charge in [0.25, 0.3) is 0 Å². The fourth-order valence-electron chi connectivity index (χ4n) is 3.65. The molecule has 1 amide bonds. The molecule has 8 nitrogen and oxygen atoms in total. The quantitative estimate of drug-likeness (QED) is 0.226. The highest BCUT2D eigenvalue weighted by atomic mass is 28.4. The van der Waals surface area contributed by atoms with E-state index >= 15 is 0 Å². The molecule has 0 aliphatic carbocycles. The lowest BCUT2D eigenvalue weighted by Crippen LogP contribution is -2.46. The van der Waals surface area contributed by atoms with E-state index in [0.29, 0.717) is 56.2 Å². The maximum Gasteiger partial charge on any atom is 0.500 e. The summed E-state index contributed by atoms with van der Waals surface area (Å²) in [6.45, 7) is 7.74. The molecule has 2 aromatic carbocycles. The van der Waals surface area contributed by atoms with Gasteiger partial charge in [0.1, 0.15) is 12.3 Å². The van der Waals surface area contributed by atoms with Gasteiger partial charge in [-0.05, 0) is 39.3 Å². The smallest absolute Gasteiger partial charge is 0.443 e. The average Bonchev–Trinajstić information content (AvgIpc) is 3.31. The molecule has 0 fully saturated rings. The normalized spacial score (nSPS) is 11.4. The Kier molecular flexibility index (Phi) is 10.5. The van der Waals surface area contributed by atoms with Gasteiger partial charge in [0.05, 0.1) is 0 Å². The van der Waals surface area contributed by atoms with Crippen LogP contribution in [0.3, 0.4) is 0 Å². The van der Waals surface area contributed by atoms with Crippen molar-refractivity contribution in [1.82, 2.24) is 10.3 Å². The number of nitrogens with zero attached hydrogens (tertiary/aromatic N) is 1. The van der Waals surface area contributed by atoms with Crippen LogP contribution in [0.4, 0.5) is 4.79 Å². The highest BCUT2D eigenvalue weighted by Gasteiger charge is 2.39. The van der Waals surface area contributed by atoms with Gasteiger partial charge in [-0.15, -0.1) is 0 Å². The third-order valence-corrected chi connectivity index (χ3v) is 8.27. The van der Waals surface area contributed by atoms with Gasteiger partial charge >= 0.3 is 14.9 Å². The summed E-state index contributed by atoms with van der Waals surface area (Å²) >= 11 is 0. The number of benzene rings is 2. The molecular weight excluding hydrogens is 464 g/mol. The minimum absolute atomic E-state index is 0.0120. The van der Waals surface area contributed by atoms with Crippen molar-refractivity contribution in [1.29, 1.82) is 0 Å². The van der Waals surface area contributed by atoms with Crippen molar-refractivity contribution in [2.24, 2.45) is 0 Å². The van der Waals surface area contributed by atoms with Gasteiger partial charge in [0.2, 0.25) is 5.89 Å². The first-order valence-electron chi connectivity index (χ1n) is 12.0.